The third-order valence-electron chi connectivity index (χ3n) is 4.26. The number of rotatable bonds is 2. The Balaban J connectivity index is 1.83. The Morgan fingerprint density at radius 3 is 1.96 bits per heavy atom. The molecule has 0 amide bonds. The first-order valence-electron chi connectivity index (χ1n) is 7.63. The first-order valence-corrected chi connectivity index (χ1v) is 7.63. The van der Waals surface area contributed by atoms with Crippen molar-refractivity contribution in [2.24, 2.45) is 0 Å². The maximum absolute atomic E-state index is 12.7. The van der Waals surface area contributed by atoms with Crippen LogP contribution in [0.4, 0.5) is 5.69 Å². The molecule has 0 N–H and O–H groups in total. The topological polar surface area (TPSA) is 77.3 Å². The van der Waals surface area contributed by atoms with Crippen LogP contribution < -0.4 is 0 Å². The predicted octanol–water partition coefficient (Wildman–Crippen LogP) is 4.21. The lowest BCUT2D eigenvalue weighted by atomic mass is 10.0. The fraction of sp³-hybridized carbons (Fsp3) is 0. The summed E-state index contributed by atoms with van der Waals surface area (Å²) in [6.45, 7) is 0. The largest absolute Gasteiger partial charge is 0.288 e. The molecule has 0 spiro atoms. The van der Waals surface area contributed by atoms with E-state index in [4.69, 9.17) is 0 Å². The maximum atomic E-state index is 12.7. The van der Waals surface area contributed by atoms with Crippen molar-refractivity contribution in [1.29, 1.82) is 0 Å². The molecule has 25 heavy (non-hydrogen) atoms. The van der Waals surface area contributed by atoms with Gasteiger partial charge in [-0.25, -0.2) is 0 Å². The summed E-state index contributed by atoms with van der Waals surface area (Å²) in [5.41, 5.74) is 1.14. The summed E-state index contributed by atoms with van der Waals surface area (Å²) in [6, 6.07) is 16.8. The minimum atomic E-state index is -0.512. The first kappa shape index (κ1) is 15.0. The minimum absolute atomic E-state index is 0.0332. The van der Waals surface area contributed by atoms with E-state index in [1.807, 2.05) is 24.3 Å². The zero-order valence-electron chi connectivity index (χ0n) is 12.9. The summed E-state index contributed by atoms with van der Waals surface area (Å²) in [4.78, 5) is 35.7. The summed E-state index contributed by atoms with van der Waals surface area (Å²) < 4.78 is 0. The van der Waals surface area contributed by atoms with E-state index in [-0.39, 0.29) is 22.8 Å². The fourth-order valence-corrected chi connectivity index (χ4v) is 3.04. The third kappa shape index (κ3) is 2.42. The summed E-state index contributed by atoms with van der Waals surface area (Å²) in [6.07, 6.45) is 1.42. The highest BCUT2D eigenvalue weighted by atomic mass is 16.6. The van der Waals surface area contributed by atoms with Crippen LogP contribution in [0.3, 0.4) is 0 Å². The van der Waals surface area contributed by atoms with Gasteiger partial charge in [-0.1, -0.05) is 36.4 Å². The van der Waals surface area contributed by atoms with Gasteiger partial charge in [0.2, 0.25) is 0 Å². The van der Waals surface area contributed by atoms with Crippen LogP contribution >= 0.6 is 0 Å². The number of ketones is 2. The van der Waals surface area contributed by atoms with Gasteiger partial charge in [0.1, 0.15) is 0 Å². The number of carbonyl (C=O) groups is 2. The highest BCUT2D eigenvalue weighted by Crippen LogP contribution is 2.31. The standard InChI is InChI=1S/C20H11NO4/c22-19-16-10-13-5-1-2-6-14(13)11-17(16)20(23)18(19)9-12-4-3-7-15(8-12)21(24)25/h1-11H. The van der Waals surface area contributed by atoms with Crippen LogP contribution in [0.5, 0.6) is 0 Å². The van der Waals surface area contributed by atoms with Gasteiger partial charge in [-0.15, -0.1) is 0 Å². The van der Waals surface area contributed by atoms with E-state index in [2.05, 4.69) is 0 Å². The summed E-state index contributed by atoms with van der Waals surface area (Å²) >= 11 is 0. The van der Waals surface area contributed by atoms with Crippen molar-refractivity contribution in [3.63, 3.8) is 0 Å². The Kier molecular flexibility index (Phi) is 3.28. The molecule has 0 atom stereocenters. The molecule has 0 saturated carbocycles. The molecule has 0 bridgehead atoms. The van der Waals surface area contributed by atoms with E-state index < -0.39 is 4.92 Å². The second-order valence-corrected chi connectivity index (χ2v) is 5.81. The highest BCUT2D eigenvalue weighted by Gasteiger charge is 2.33. The lowest BCUT2D eigenvalue weighted by molar-refractivity contribution is -0.384. The monoisotopic (exact) mass is 329 g/mol. The molecule has 1 aliphatic rings. The number of nitro benzene ring substituents is 1. The molecule has 5 heteroatoms. The van der Waals surface area contributed by atoms with Crippen molar-refractivity contribution in [3.05, 3.63) is 93.0 Å². The predicted molar refractivity (Wildman–Crippen MR) is 93.7 cm³/mol. The van der Waals surface area contributed by atoms with Gasteiger partial charge >= 0.3 is 0 Å². The zero-order chi connectivity index (χ0) is 17.6. The Morgan fingerprint density at radius 1 is 0.800 bits per heavy atom. The van der Waals surface area contributed by atoms with Crippen LogP contribution in [0.15, 0.2) is 66.2 Å². The number of carbonyl (C=O) groups excluding carboxylic acids is 2. The molecule has 4 rings (SSSR count). The summed E-state index contributed by atoms with van der Waals surface area (Å²) in [5.74, 6) is -0.700. The number of allylic oxidation sites excluding steroid dienone is 1. The number of benzene rings is 3. The Labute approximate surface area is 142 Å². The Bertz CT molecular complexity index is 1060. The van der Waals surface area contributed by atoms with Crippen LogP contribution in [0.25, 0.3) is 16.8 Å². The van der Waals surface area contributed by atoms with Crippen LogP contribution in [0.2, 0.25) is 0 Å². The van der Waals surface area contributed by atoms with Crippen molar-refractivity contribution >= 4 is 34.1 Å². The molecular formula is C20H11NO4. The van der Waals surface area contributed by atoms with Crippen LogP contribution in [0, 0.1) is 10.1 Å². The second kappa shape index (κ2) is 5.49. The average molecular weight is 329 g/mol. The van der Waals surface area contributed by atoms with E-state index in [9.17, 15) is 19.7 Å². The van der Waals surface area contributed by atoms with Crippen molar-refractivity contribution < 1.29 is 14.5 Å². The van der Waals surface area contributed by atoms with Gasteiger partial charge in [-0.3, -0.25) is 19.7 Å². The van der Waals surface area contributed by atoms with Crippen LogP contribution in [-0.4, -0.2) is 16.5 Å². The molecule has 0 aromatic heterocycles. The number of nitro groups is 1. The van der Waals surface area contributed by atoms with Crippen molar-refractivity contribution in [2.75, 3.05) is 0 Å². The van der Waals surface area contributed by atoms with Crippen LogP contribution in [-0.2, 0) is 0 Å². The first-order chi connectivity index (χ1) is 12.0. The van der Waals surface area contributed by atoms with Crippen molar-refractivity contribution in [2.45, 2.75) is 0 Å². The molecule has 0 unspecified atom stereocenters. The van der Waals surface area contributed by atoms with Gasteiger partial charge in [0.05, 0.1) is 10.5 Å². The number of hydrogen-bond donors (Lipinski definition) is 0. The summed E-state index contributed by atoms with van der Waals surface area (Å²) in [5, 5.41) is 12.7. The van der Waals surface area contributed by atoms with E-state index in [1.165, 1.54) is 24.3 Å². The lowest BCUT2D eigenvalue weighted by Crippen LogP contribution is -2.00. The van der Waals surface area contributed by atoms with Crippen LogP contribution in [0.1, 0.15) is 26.3 Å². The highest BCUT2D eigenvalue weighted by molar-refractivity contribution is 6.42. The summed E-state index contributed by atoms with van der Waals surface area (Å²) in [7, 11) is 0. The molecule has 120 valence electrons. The van der Waals surface area contributed by atoms with E-state index in [0.29, 0.717) is 16.7 Å². The minimum Gasteiger partial charge on any atom is -0.288 e. The zero-order valence-corrected chi connectivity index (χ0v) is 12.9. The number of nitrogens with zero attached hydrogens (tertiary/aromatic N) is 1. The second-order valence-electron chi connectivity index (χ2n) is 5.81. The molecule has 1 aliphatic carbocycles. The van der Waals surface area contributed by atoms with Crippen molar-refractivity contribution in [3.8, 4) is 0 Å². The third-order valence-corrected chi connectivity index (χ3v) is 4.26. The van der Waals surface area contributed by atoms with E-state index in [0.717, 1.165) is 10.8 Å². The smallest absolute Gasteiger partial charge is 0.270 e. The van der Waals surface area contributed by atoms with Crippen molar-refractivity contribution in [1.82, 2.24) is 0 Å². The molecule has 3 aromatic carbocycles. The van der Waals surface area contributed by atoms with E-state index in [1.54, 1.807) is 18.2 Å². The molecule has 5 nitrogen and oxygen atoms in total. The molecular weight excluding hydrogens is 318 g/mol. The van der Waals surface area contributed by atoms with Gasteiger partial charge < -0.3 is 0 Å². The molecule has 0 aliphatic heterocycles. The molecule has 0 heterocycles. The molecule has 0 radical (unpaired) electrons. The number of fused-ring (bicyclic) bond motifs is 2. The maximum Gasteiger partial charge on any atom is 0.270 e. The normalized spacial score (nSPS) is 13.2. The Morgan fingerprint density at radius 2 is 1.40 bits per heavy atom. The SMILES string of the molecule is O=C1C(=Cc2cccc([N+](=O)[O-])c2)C(=O)c2cc3ccccc3cc21. The molecule has 3 aromatic rings. The van der Waals surface area contributed by atoms with Gasteiger partial charge in [0, 0.05) is 23.3 Å². The van der Waals surface area contributed by atoms with Gasteiger partial charge in [0.15, 0.2) is 11.6 Å². The number of hydrogen-bond acceptors (Lipinski definition) is 4. The fourth-order valence-electron chi connectivity index (χ4n) is 3.04. The average Bonchev–Trinajstić information content (AvgIpc) is 2.85. The molecule has 0 fully saturated rings. The van der Waals surface area contributed by atoms with Gasteiger partial charge in [-0.2, -0.15) is 0 Å². The van der Waals surface area contributed by atoms with E-state index >= 15 is 0 Å². The molecule has 0 saturated heterocycles. The lowest BCUT2D eigenvalue weighted by Gasteiger charge is -2.00. The quantitative estimate of drug-likeness (QED) is 0.305. The van der Waals surface area contributed by atoms with Gasteiger partial charge in [0.25, 0.3) is 5.69 Å². The Hall–Kier alpha value is -3.60. The van der Waals surface area contributed by atoms with Gasteiger partial charge in [-0.05, 0) is 34.5 Å². The number of non-ortho nitro benzene ring substituents is 1. The number of Topliss-reactive ketones (excluding diaryl/α,β-unsaturated/α-hetero) is 2.